The number of hydrogen-bond acceptors (Lipinski definition) is 4. The molecular weight excluding hydrogens is 358 g/mol. The highest BCUT2D eigenvalue weighted by Crippen LogP contribution is 2.29. The molecule has 2 aromatic rings. The van der Waals surface area contributed by atoms with Gasteiger partial charge in [0.25, 0.3) is 5.89 Å². The summed E-state index contributed by atoms with van der Waals surface area (Å²) in [6, 6.07) is 7.94. The molecule has 5 nitrogen and oxygen atoms in total. The van der Waals surface area contributed by atoms with Gasteiger partial charge >= 0.3 is 5.91 Å². The topological polar surface area (TPSA) is 58.4 Å². The molecule has 6 heteroatoms. The van der Waals surface area contributed by atoms with Crippen molar-refractivity contribution >= 4 is 21.8 Å². The number of oxazole rings is 1. The van der Waals surface area contributed by atoms with Gasteiger partial charge in [0, 0.05) is 22.6 Å². The van der Waals surface area contributed by atoms with Crippen LogP contribution in [0.15, 0.2) is 39.4 Å². The van der Waals surface area contributed by atoms with E-state index in [9.17, 15) is 4.79 Å². The summed E-state index contributed by atoms with van der Waals surface area (Å²) in [6.45, 7) is 3.25. The second-order valence-electron chi connectivity index (χ2n) is 6.23. The van der Waals surface area contributed by atoms with Crippen LogP contribution in [-0.2, 0) is 0 Å². The highest BCUT2D eigenvalue weighted by molar-refractivity contribution is 9.10. The number of amides is 1. The van der Waals surface area contributed by atoms with Crippen LogP contribution >= 0.6 is 15.9 Å². The van der Waals surface area contributed by atoms with Crippen molar-refractivity contribution in [1.29, 1.82) is 0 Å². The Balaban J connectivity index is 1.48. The minimum absolute atomic E-state index is 0.132. The summed E-state index contributed by atoms with van der Waals surface area (Å²) in [5.74, 6) is 1.09. The number of fused-ring (bicyclic) bond motifs is 3. The van der Waals surface area contributed by atoms with Gasteiger partial charge in [0.2, 0.25) is 0 Å². The maximum Gasteiger partial charge on any atom is 0.307 e. The number of halogens is 1. The van der Waals surface area contributed by atoms with Crippen LogP contribution in [0.25, 0.3) is 11.3 Å². The van der Waals surface area contributed by atoms with Crippen molar-refractivity contribution in [1.82, 2.24) is 15.2 Å². The number of aromatic nitrogens is 1. The van der Waals surface area contributed by atoms with Crippen LogP contribution in [0, 0.1) is 5.92 Å². The van der Waals surface area contributed by atoms with Crippen LogP contribution in [0.5, 0.6) is 0 Å². The van der Waals surface area contributed by atoms with Crippen molar-refractivity contribution in [2.45, 2.75) is 18.9 Å². The van der Waals surface area contributed by atoms with E-state index in [-0.39, 0.29) is 17.8 Å². The molecule has 1 aromatic carbocycles. The van der Waals surface area contributed by atoms with E-state index in [1.165, 1.54) is 12.8 Å². The lowest BCUT2D eigenvalue weighted by molar-refractivity contribution is 0.0602. The van der Waals surface area contributed by atoms with E-state index in [2.05, 4.69) is 31.1 Å². The first-order valence-electron chi connectivity index (χ1n) is 7.94. The molecule has 4 heterocycles. The molecule has 5 rings (SSSR count). The summed E-state index contributed by atoms with van der Waals surface area (Å²) < 4.78 is 6.58. The lowest BCUT2D eigenvalue weighted by Gasteiger charge is -2.44. The molecule has 1 amide bonds. The second-order valence-corrected chi connectivity index (χ2v) is 7.08. The fourth-order valence-corrected chi connectivity index (χ4v) is 4.00. The Morgan fingerprint density at radius 2 is 2.09 bits per heavy atom. The monoisotopic (exact) mass is 375 g/mol. The molecule has 3 aliphatic rings. The van der Waals surface area contributed by atoms with E-state index >= 15 is 0 Å². The van der Waals surface area contributed by atoms with Gasteiger partial charge in [-0.25, -0.2) is 4.98 Å². The fraction of sp³-hybridized carbons (Fsp3) is 0.412. The Morgan fingerprint density at radius 1 is 1.30 bits per heavy atom. The summed E-state index contributed by atoms with van der Waals surface area (Å²) in [7, 11) is 0. The maximum absolute atomic E-state index is 12.4. The number of piperidine rings is 3. The molecule has 1 N–H and O–H groups in total. The zero-order valence-electron chi connectivity index (χ0n) is 12.7. The van der Waals surface area contributed by atoms with Crippen molar-refractivity contribution < 1.29 is 9.21 Å². The number of carbonyl (C=O) groups is 1. The number of carbonyl (C=O) groups excluding carboxylic acids is 1. The number of nitrogens with one attached hydrogen (secondary N) is 1. The fourth-order valence-electron chi connectivity index (χ4n) is 3.52. The maximum atomic E-state index is 12.4. The Hall–Kier alpha value is -1.66. The van der Waals surface area contributed by atoms with Crippen LogP contribution in [-0.4, -0.2) is 41.5 Å². The summed E-state index contributed by atoms with van der Waals surface area (Å²) in [4.78, 5) is 19.0. The van der Waals surface area contributed by atoms with E-state index in [0.717, 1.165) is 29.7 Å². The van der Waals surface area contributed by atoms with Crippen LogP contribution in [0.1, 0.15) is 23.5 Å². The highest BCUT2D eigenvalue weighted by atomic mass is 79.9. The second kappa shape index (κ2) is 6.09. The predicted octanol–water partition coefficient (Wildman–Crippen LogP) is 2.93. The molecular formula is C17H18BrN3O2. The highest BCUT2D eigenvalue weighted by Gasteiger charge is 2.35. The normalized spacial score (nSPS) is 26.2. The van der Waals surface area contributed by atoms with Gasteiger partial charge in [-0.1, -0.05) is 34.1 Å². The first kappa shape index (κ1) is 14.9. The van der Waals surface area contributed by atoms with Gasteiger partial charge in [0.1, 0.15) is 0 Å². The molecule has 3 saturated heterocycles. The van der Waals surface area contributed by atoms with Crippen molar-refractivity contribution in [3.63, 3.8) is 0 Å². The largest absolute Gasteiger partial charge is 0.432 e. The molecule has 3 fully saturated rings. The van der Waals surface area contributed by atoms with Crippen molar-refractivity contribution in [2.24, 2.45) is 5.92 Å². The smallest absolute Gasteiger partial charge is 0.307 e. The van der Waals surface area contributed by atoms with Gasteiger partial charge in [-0.2, -0.15) is 0 Å². The molecule has 0 unspecified atom stereocenters. The SMILES string of the molecule is O=C(N[C@H]1CN2CCC1CC2)c1ncc(-c2ccccc2Br)o1. The molecule has 2 bridgehead atoms. The molecule has 0 spiro atoms. The minimum Gasteiger partial charge on any atom is -0.432 e. The van der Waals surface area contributed by atoms with E-state index in [1.54, 1.807) is 6.20 Å². The van der Waals surface area contributed by atoms with Crippen LogP contribution in [0.2, 0.25) is 0 Å². The van der Waals surface area contributed by atoms with Gasteiger partial charge < -0.3 is 14.6 Å². The zero-order chi connectivity index (χ0) is 15.8. The first-order chi connectivity index (χ1) is 11.2. The van der Waals surface area contributed by atoms with Crippen LogP contribution in [0.4, 0.5) is 0 Å². The third-order valence-corrected chi connectivity index (χ3v) is 5.50. The van der Waals surface area contributed by atoms with E-state index in [4.69, 9.17) is 4.42 Å². The standard InChI is InChI=1S/C17H18BrN3O2/c18-13-4-2-1-3-12(13)15-9-19-17(23-15)16(22)20-14-10-21-7-5-11(14)6-8-21/h1-4,9,11,14H,5-8,10H2,(H,20,22)/t14-/m0/s1. The number of rotatable bonds is 3. The molecule has 0 saturated carbocycles. The molecule has 0 aliphatic carbocycles. The van der Waals surface area contributed by atoms with Gasteiger partial charge in [-0.05, 0) is 37.9 Å². The lowest BCUT2D eigenvalue weighted by Crippen LogP contribution is -2.57. The first-order valence-corrected chi connectivity index (χ1v) is 8.74. The molecule has 120 valence electrons. The number of hydrogen-bond donors (Lipinski definition) is 1. The third-order valence-electron chi connectivity index (χ3n) is 4.81. The van der Waals surface area contributed by atoms with Gasteiger partial charge in [-0.15, -0.1) is 0 Å². The summed E-state index contributed by atoms with van der Waals surface area (Å²) in [5, 5.41) is 3.10. The zero-order valence-corrected chi connectivity index (χ0v) is 14.3. The van der Waals surface area contributed by atoms with Crippen LogP contribution in [0.3, 0.4) is 0 Å². The van der Waals surface area contributed by atoms with E-state index in [1.807, 2.05) is 24.3 Å². The van der Waals surface area contributed by atoms with Gasteiger partial charge in [0.05, 0.1) is 6.20 Å². The summed E-state index contributed by atoms with van der Waals surface area (Å²) >= 11 is 3.49. The summed E-state index contributed by atoms with van der Waals surface area (Å²) in [6.07, 6.45) is 3.93. The van der Waals surface area contributed by atoms with Crippen LogP contribution < -0.4 is 5.32 Å². The molecule has 0 radical (unpaired) electrons. The Labute approximate surface area is 143 Å². The van der Waals surface area contributed by atoms with E-state index in [0.29, 0.717) is 11.7 Å². The Bertz CT molecular complexity index is 722. The number of benzene rings is 1. The average Bonchev–Trinajstić information content (AvgIpc) is 3.06. The van der Waals surface area contributed by atoms with Gasteiger partial charge in [0.15, 0.2) is 5.76 Å². The number of nitrogens with zero attached hydrogens (tertiary/aromatic N) is 2. The third kappa shape index (κ3) is 2.93. The quantitative estimate of drug-likeness (QED) is 0.895. The Kier molecular flexibility index (Phi) is 3.95. The van der Waals surface area contributed by atoms with E-state index < -0.39 is 0 Å². The molecule has 1 aromatic heterocycles. The van der Waals surface area contributed by atoms with Crippen molar-refractivity contribution in [3.05, 3.63) is 40.8 Å². The Morgan fingerprint density at radius 3 is 2.78 bits per heavy atom. The summed E-state index contributed by atoms with van der Waals surface area (Å²) in [5.41, 5.74) is 0.891. The average molecular weight is 376 g/mol. The minimum atomic E-state index is -0.220. The molecule has 23 heavy (non-hydrogen) atoms. The predicted molar refractivity (Wildman–Crippen MR) is 90.1 cm³/mol. The van der Waals surface area contributed by atoms with Gasteiger partial charge in [-0.3, -0.25) is 4.79 Å². The molecule has 1 atom stereocenters. The molecule has 3 aliphatic heterocycles. The lowest BCUT2D eigenvalue weighted by atomic mass is 9.84. The van der Waals surface area contributed by atoms with Crippen molar-refractivity contribution in [2.75, 3.05) is 19.6 Å². The van der Waals surface area contributed by atoms with Crippen molar-refractivity contribution in [3.8, 4) is 11.3 Å².